The van der Waals surface area contributed by atoms with Gasteiger partial charge in [-0.3, -0.25) is 0 Å². The lowest BCUT2D eigenvalue weighted by atomic mass is 10.1. The van der Waals surface area contributed by atoms with Crippen LogP contribution in [0.1, 0.15) is 49.5 Å². The smallest absolute Gasteiger partial charge is 0.340 e. The minimum Gasteiger partial charge on any atom is -0.430 e. The van der Waals surface area contributed by atoms with Crippen LogP contribution in [0, 0.1) is 0 Å². The molecule has 0 unspecified atom stereocenters. The molecule has 0 aromatic heterocycles. The third-order valence-corrected chi connectivity index (χ3v) is 2.93. The molecule has 1 aromatic rings. The molecule has 0 amide bonds. The van der Waals surface area contributed by atoms with Crippen molar-refractivity contribution >= 4 is 5.97 Å². The Morgan fingerprint density at radius 2 is 1.85 bits per heavy atom. The Bertz CT molecular complexity index is 409. The van der Waals surface area contributed by atoms with Crippen LogP contribution in [0.3, 0.4) is 0 Å². The highest BCUT2D eigenvalue weighted by Crippen LogP contribution is 2.14. The third kappa shape index (κ3) is 5.72. The summed E-state index contributed by atoms with van der Waals surface area (Å²) in [5.74, 6) is -1.31. The maximum absolute atomic E-state index is 11.9. The van der Waals surface area contributed by atoms with Gasteiger partial charge in [0.25, 0.3) is 0 Å². The average molecular weight is 280 g/mol. The summed E-state index contributed by atoms with van der Waals surface area (Å²) >= 11 is 0. The van der Waals surface area contributed by atoms with E-state index in [0.717, 1.165) is 25.0 Å². The molecule has 112 valence electrons. The lowest BCUT2D eigenvalue weighted by molar-refractivity contribution is -0.160. The Morgan fingerprint density at radius 3 is 2.40 bits per heavy atom. The summed E-state index contributed by atoms with van der Waals surface area (Å²) in [6.07, 6.45) is 2.19. The summed E-state index contributed by atoms with van der Waals surface area (Å²) in [4.78, 5) is 11.9. The Hall–Kier alpha value is -1.39. The number of unbranched alkanes of at least 4 members (excludes halogenated alkanes) is 1. The van der Waals surface area contributed by atoms with Gasteiger partial charge in [-0.15, -0.1) is 0 Å². The number of hydrogen-bond acceptors (Lipinski definition) is 4. The van der Waals surface area contributed by atoms with Crippen molar-refractivity contribution in [2.45, 2.75) is 46.0 Å². The molecule has 1 rings (SSSR count). The van der Waals surface area contributed by atoms with Crippen LogP contribution in [0.4, 0.5) is 0 Å². The lowest BCUT2D eigenvalue weighted by Crippen LogP contribution is -2.29. The topological polar surface area (TPSA) is 44.8 Å². The molecule has 0 saturated carbocycles. The van der Waals surface area contributed by atoms with Crippen molar-refractivity contribution in [1.82, 2.24) is 0 Å². The van der Waals surface area contributed by atoms with Gasteiger partial charge in [0.2, 0.25) is 5.79 Å². The normalized spacial score (nSPS) is 11.4. The number of benzene rings is 1. The second-order valence-electron chi connectivity index (χ2n) is 5.10. The molecular weight excluding hydrogens is 256 g/mol. The molecule has 0 saturated heterocycles. The van der Waals surface area contributed by atoms with E-state index in [0.29, 0.717) is 12.2 Å². The number of esters is 1. The number of carbonyl (C=O) groups is 1. The largest absolute Gasteiger partial charge is 0.430 e. The van der Waals surface area contributed by atoms with E-state index in [1.54, 1.807) is 26.0 Å². The first-order valence-electron chi connectivity index (χ1n) is 6.93. The number of rotatable bonds is 8. The van der Waals surface area contributed by atoms with Crippen molar-refractivity contribution in [3.05, 3.63) is 35.4 Å². The molecule has 0 fully saturated rings. The molecule has 0 aliphatic heterocycles. The minimum absolute atomic E-state index is 0.393. The zero-order chi connectivity index (χ0) is 15.0. The van der Waals surface area contributed by atoms with E-state index in [4.69, 9.17) is 14.2 Å². The zero-order valence-electron chi connectivity index (χ0n) is 12.8. The number of hydrogen-bond donors (Lipinski definition) is 0. The van der Waals surface area contributed by atoms with Gasteiger partial charge >= 0.3 is 5.97 Å². The van der Waals surface area contributed by atoms with Gasteiger partial charge in [0.05, 0.1) is 12.2 Å². The summed E-state index contributed by atoms with van der Waals surface area (Å²) in [6, 6.07) is 7.24. The van der Waals surface area contributed by atoms with Crippen LogP contribution in [0.2, 0.25) is 0 Å². The SMILES string of the molecule is CCCCOCc1ccc(C(=O)OC(C)(C)OC)cc1. The zero-order valence-corrected chi connectivity index (χ0v) is 12.8. The maximum Gasteiger partial charge on any atom is 0.340 e. The molecule has 0 atom stereocenters. The third-order valence-electron chi connectivity index (χ3n) is 2.93. The van der Waals surface area contributed by atoms with Crippen LogP contribution >= 0.6 is 0 Å². The van der Waals surface area contributed by atoms with Crippen molar-refractivity contribution < 1.29 is 19.0 Å². The maximum atomic E-state index is 11.9. The molecular formula is C16H24O4. The second-order valence-corrected chi connectivity index (χ2v) is 5.10. The van der Waals surface area contributed by atoms with Crippen molar-refractivity contribution in [3.8, 4) is 0 Å². The van der Waals surface area contributed by atoms with Gasteiger partial charge in [-0.2, -0.15) is 0 Å². The predicted molar refractivity (Wildman–Crippen MR) is 77.5 cm³/mol. The molecule has 0 spiro atoms. The van der Waals surface area contributed by atoms with E-state index in [1.807, 2.05) is 12.1 Å². The highest BCUT2D eigenvalue weighted by molar-refractivity contribution is 5.89. The van der Waals surface area contributed by atoms with Crippen LogP contribution in [0.5, 0.6) is 0 Å². The average Bonchev–Trinajstić information content (AvgIpc) is 2.44. The van der Waals surface area contributed by atoms with Gasteiger partial charge < -0.3 is 14.2 Å². The fraction of sp³-hybridized carbons (Fsp3) is 0.562. The van der Waals surface area contributed by atoms with Gasteiger partial charge in [-0.05, 0) is 24.1 Å². The molecule has 4 heteroatoms. The first-order valence-corrected chi connectivity index (χ1v) is 6.93. The fourth-order valence-corrected chi connectivity index (χ4v) is 1.50. The van der Waals surface area contributed by atoms with Crippen LogP contribution in [0.25, 0.3) is 0 Å². The van der Waals surface area contributed by atoms with E-state index in [1.165, 1.54) is 7.11 Å². The molecule has 0 N–H and O–H groups in total. The first-order chi connectivity index (χ1) is 9.48. The van der Waals surface area contributed by atoms with E-state index in [2.05, 4.69) is 6.92 Å². The summed E-state index contributed by atoms with van der Waals surface area (Å²) in [6.45, 7) is 6.86. The van der Waals surface area contributed by atoms with Gasteiger partial charge in [0, 0.05) is 27.6 Å². The number of ether oxygens (including phenoxy) is 3. The van der Waals surface area contributed by atoms with E-state index >= 15 is 0 Å². The van der Waals surface area contributed by atoms with Gasteiger partial charge in [0.15, 0.2) is 0 Å². The van der Waals surface area contributed by atoms with Crippen LogP contribution in [-0.2, 0) is 20.8 Å². The highest BCUT2D eigenvalue weighted by atomic mass is 16.7. The molecule has 0 bridgehead atoms. The minimum atomic E-state index is -0.918. The van der Waals surface area contributed by atoms with Crippen LogP contribution < -0.4 is 0 Å². The van der Waals surface area contributed by atoms with Crippen LogP contribution in [-0.4, -0.2) is 25.5 Å². The van der Waals surface area contributed by atoms with Gasteiger partial charge in [-0.25, -0.2) is 4.79 Å². The molecule has 0 aliphatic carbocycles. The number of methoxy groups -OCH3 is 1. The molecule has 0 heterocycles. The Morgan fingerprint density at radius 1 is 1.20 bits per heavy atom. The molecule has 20 heavy (non-hydrogen) atoms. The highest BCUT2D eigenvalue weighted by Gasteiger charge is 2.22. The standard InChI is InChI=1S/C16H24O4/c1-5-6-11-19-12-13-7-9-14(10-8-13)15(17)20-16(2,3)18-4/h7-10H,5-6,11-12H2,1-4H3. The second kappa shape index (κ2) is 8.02. The van der Waals surface area contributed by atoms with Crippen molar-refractivity contribution in [2.75, 3.05) is 13.7 Å². The van der Waals surface area contributed by atoms with Crippen LogP contribution in [0.15, 0.2) is 24.3 Å². The van der Waals surface area contributed by atoms with Crippen molar-refractivity contribution in [1.29, 1.82) is 0 Å². The van der Waals surface area contributed by atoms with E-state index in [9.17, 15) is 4.79 Å². The quantitative estimate of drug-likeness (QED) is 0.415. The molecule has 1 aromatic carbocycles. The Balaban J connectivity index is 2.51. The summed E-state index contributed by atoms with van der Waals surface area (Å²) in [5, 5.41) is 0. The van der Waals surface area contributed by atoms with Gasteiger partial charge in [0.1, 0.15) is 0 Å². The van der Waals surface area contributed by atoms with Crippen molar-refractivity contribution in [3.63, 3.8) is 0 Å². The lowest BCUT2D eigenvalue weighted by Gasteiger charge is -2.22. The Labute approximate surface area is 121 Å². The number of carbonyl (C=O) groups excluding carboxylic acids is 1. The Kier molecular flexibility index (Phi) is 6.68. The molecule has 0 radical (unpaired) electrons. The summed E-state index contributed by atoms with van der Waals surface area (Å²) < 4.78 is 15.8. The molecule has 4 nitrogen and oxygen atoms in total. The predicted octanol–water partition coefficient (Wildman–Crippen LogP) is 3.54. The summed E-state index contributed by atoms with van der Waals surface area (Å²) in [7, 11) is 1.50. The summed E-state index contributed by atoms with van der Waals surface area (Å²) in [5.41, 5.74) is 1.55. The fourth-order valence-electron chi connectivity index (χ4n) is 1.50. The molecule has 0 aliphatic rings. The first kappa shape index (κ1) is 16.7. The van der Waals surface area contributed by atoms with E-state index < -0.39 is 11.8 Å². The van der Waals surface area contributed by atoms with Gasteiger partial charge in [-0.1, -0.05) is 25.5 Å². The van der Waals surface area contributed by atoms with Crippen molar-refractivity contribution in [2.24, 2.45) is 0 Å². The van der Waals surface area contributed by atoms with E-state index in [-0.39, 0.29) is 0 Å². The monoisotopic (exact) mass is 280 g/mol.